The van der Waals surface area contributed by atoms with Crippen LogP contribution in [-0.4, -0.2) is 12.9 Å². The minimum absolute atomic E-state index is 0.253. The van der Waals surface area contributed by atoms with Crippen LogP contribution in [0.15, 0.2) is 24.3 Å². The first-order chi connectivity index (χ1) is 6.77. The average Bonchev–Trinajstić information content (AvgIpc) is 2.19. The maximum Gasteiger partial charge on any atom is 0.126 e. The largest absolute Gasteiger partial charge is 0.496 e. The van der Waals surface area contributed by atoms with Crippen molar-refractivity contribution in [3.05, 3.63) is 35.7 Å². The molecule has 1 rings (SSSR count). The molecule has 0 spiro atoms. The van der Waals surface area contributed by atoms with Crippen molar-refractivity contribution < 1.29 is 9.13 Å². The summed E-state index contributed by atoms with van der Waals surface area (Å²) >= 11 is 4.08. The van der Waals surface area contributed by atoms with Crippen LogP contribution < -0.4 is 4.74 Å². The molecule has 3 heteroatoms. The van der Waals surface area contributed by atoms with Gasteiger partial charge in [0.2, 0.25) is 0 Å². The highest BCUT2D eigenvalue weighted by Crippen LogP contribution is 2.20. The minimum atomic E-state index is -0.253. The standard InChI is InChI=1S/C11H13FOS/c1-13-11-6-5-10(12)8-9(11)4-2-3-7-14/h2,4-6,8,14H,3,7H2,1H3. The predicted octanol–water partition coefficient (Wildman–Crippen LogP) is 3.17. The van der Waals surface area contributed by atoms with E-state index in [2.05, 4.69) is 12.6 Å². The number of thiol groups is 1. The van der Waals surface area contributed by atoms with Gasteiger partial charge in [0, 0.05) is 5.56 Å². The van der Waals surface area contributed by atoms with Gasteiger partial charge in [-0.25, -0.2) is 4.39 Å². The van der Waals surface area contributed by atoms with Gasteiger partial charge in [0.25, 0.3) is 0 Å². The lowest BCUT2D eigenvalue weighted by molar-refractivity contribution is 0.412. The van der Waals surface area contributed by atoms with Crippen LogP contribution in [0.5, 0.6) is 5.75 Å². The Bertz CT molecular complexity index is 323. The summed E-state index contributed by atoms with van der Waals surface area (Å²) in [6.45, 7) is 0. The predicted molar refractivity (Wildman–Crippen MR) is 60.5 cm³/mol. The Labute approximate surface area is 89.0 Å². The van der Waals surface area contributed by atoms with Crippen LogP contribution in [0.2, 0.25) is 0 Å². The molecule has 0 aliphatic carbocycles. The molecule has 0 aliphatic heterocycles. The highest BCUT2D eigenvalue weighted by Gasteiger charge is 2.00. The monoisotopic (exact) mass is 212 g/mol. The van der Waals surface area contributed by atoms with Gasteiger partial charge in [-0.3, -0.25) is 0 Å². The molecule has 76 valence electrons. The highest BCUT2D eigenvalue weighted by molar-refractivity contribution is 7.80. The molecule has 0 amide bonds. The normalized spacial score (nSPS) is 10.8. The summed E-state index contributed by atoms with van der Waals surface area (Å²) in [5.41, 5.74) is 0.759. The molecule has 0 fully saturated rings. The SMILES string of the molecule is COc1ccc(F)cc1C=CCCS. The van der Waals surface area contributed by atoms with E-state index in [9.17, 15) is 4.39 Å². The molecule has 1 aromatic carbocycles. The molecule has 1 aromatic rings. The van der Waals surface area contributed by atoms with Crippen LogP contribution in [0.25, 0.3) is 6.08 Å². The van der Waals surface area contributed by atoms with Crippen molar-refractivity contribution in [1.29, 1.82) is 0 Å². The highest BCUT2D eigenvalue weighted by atomic mass is 32.1. The molecule has 0 atom stereocenters. The topological polar surface area (TPSA) is 9.23 Å². The van der Waals surface area contributed by atoms with E-state index in [0.717, 1.165) is 17.7 Å². The van der Waals surface area contributed by atoms with Gasteiger partial charge in [0.15, 0.2) is 0 Å². The maximum absolute atomic E-state index is 12.9. The molecular weight excluding hydrogens is 199 g/mol. The lowest BCUT2D eigenvalue weighted by Crippen LogP contribution is -1.87. The van der Waals surface area contributed by atoms with Gasteiger partial charge in [-0.15, -0.1) is 0 Å². The first-order valence-electron chi connectivity index (χ1n) is 4.39. The molecule has 0 bridgehead atoms. The van der Waals surface area contributed by atoms with Crippen molar-refractivity contribution in [3.8, 4) is 5.75 Å². The number of methoxy groups -OCH3 is 1. The van der Waals surface area contributed by atoms with Gasteiger partial charge in [-0.2, -0.15) is 12.6 Å². The maximum atomic E-state index is 12.9. The van der Waals surface area contributed by atoms with E-state index in [0.29, 0.717) is 5.75 Å². The van der Waals surface area contributed by atoms with Crippen LogP contribution in [-0.2, 0) is 0 Å². The van der Waals surface area contributed by atoms with E-state index in [1.807, 2.05) is 12.2 Å². The zero-order chi connectivity index (χ0) is 10.4. The molecule has 0 saturated carbocycles. The summed E-state index contributed by atoms with van der Waals surface area (Å²) in [5, 5.41) is 0. The van der Waals surface area contributed by atoms with Crippen molar-refractivity contribution in [2.24, 2.45) is 0 Å². The van der Waals surface area contributed by atoms with E-state index in [-0.39, 0.29) is 5.82 Å². The third-order valence-corrected chi connectivity index (χ3v) is 2.04. The molecule has 0 unspecified atom stereocenters. The third kappa shape index (κ3) is 3.07. The Kier molecular flexibility index (Phi) is 4.53. The summed E-state index contributed by atoms with van der Waals surface area (Å²) in [4.78, 5) is 0. The van der Waals surface area contributed by atoms with Gasteiger partial charge in [-0.05, 0) is 30.4 Å². The number of hydrogen-bond acceptors (Lipinski definition) is 2. The summed E-state index contributed by atoms with van der Waals surface area (Å²) in [5.74, 6) is 1.21. The number of benzene rings is 1. The van der Waals surface area contributed by atoms with Gasteiger partial charge >= 0.3 is 0 Å². The molecule has 0 radical (unpaired) electrons. The second-order valence-electron chi connectivity index (χ2n) is 2.80. The first-order valence-corrected chi connectivity index (χ1v) is 5.02. The molecule has 0 aliphatic rings. The Morgan fingerprint density at radius 3 is 2.93 bits per heavy atom. The number of ether oxygens (including phenoxy) is 1. The second kappa shape index (κ2) is 5.70. The molecule has 0 aromatic heterocycles. The molecule has 0 saturated heterocycles. The fourth-order valence-electron chi connectivity index (χ4n) is 1.12. The summed E-state index contributed by atoms with van der Waals surface area (Å²) in [6.07, 6.45) is 4.66. The van der Waals surface area contributed by atoms with Crippen LogP contribution >= 0.6 is 12.6 Å². The van der Waals surface area contributed by atoms with Gasteiger partial charge in [0.05, 0.1) is 7.11 Å². The van der Waals surface area contributed by atoms with Crippen molar-refractivity contribution in [3.63, 3.8) is 0 Å². The Hall–Kier alpha value is -0.960. The zero-order valence-corrected chi connectivity index (χ0v) is 8.93. The van der Waals surface area contributed by atoms with E-state index in [1.165, 1.54) is 12.1 Å². The van der Waals surface area contributed by atoms with E-state index < -0.39 is 0 Å². The van der Waals surface area contributed by atoms with E-state index in [1.54, 1.807) is 13.2 Å². The summed E-state index contributed by atoms with van der Waals surface area (Å²) < 4.78 is 18.0. The molecule has 1 nitrogen and oxygen atoms in total. The molecule has 0 N–H and O–H groups in total. The number of allylic oxidation sites excluding steroid dienone is 1. The second-order valence-corrected chi connectivity index (χ2v) is 3.25. The van der Waals surface area contributed by atoms with E-state index in [4.69, 9.17) is 4.74 Å². The van der Waals surface area contributed by atoms with Crippen LogP contribution in [0.4, 0.5) is 4.39 Å². The number of halogens is 1. The first kappa shape index (κ1) is 11.1. The fourth-order valence-corrected chi connectivity index (χ4v) is 1.27. The van der Waals surface area contributed by atoms with Crippen molar-refractivity contribution in [2.45, 2.75) is 6.42 Å². The van der Waals surface area contributed by atoms with Crippen LogP contribution in [0, 0.1) is 5.82 Å². The lowest BCUT2D eigenvalue weighted by atomic mass is 10.1. The van der Waals surface area contributed by atoms with Crippen LogP contribution in [0.1, 0.15) is 12.0 Å². The minimum Gasteiger partial charge on any atom is -0.496 e. The summed E-state index contributed by atoms with van der Waals surface area (Å²) in [6, 6.07) is 4.46. The fraction of sp³-hybridized carbons (Fsp3) is 0.273. The van der Waals surface area contributed by atoms with Crippen LogP contribution in [0.3, 0.4) is 0 Å². The quantitative estimate of drug-likeness (QED) is 0.754. The van der Waals surface area contributed by atoms with Crippen molar-refractivity contribution in [2.75, 3.05) is 12.9 Å². The Morgan fingerprint density at radius 2 is 2.29 bits per heavy atom. The lowest BCUT2D eigenvalue weighted by Gasteiger charge is -2.03. The Balaban J connectivity index is 2.87. The molecule has 0 heterocycles. The smallest absolute Gasteiger partial charge is 0.126 e. The molecule has 14 heavy (non-hydrogen) atoms. The summed E-state index contributed by atoms with van der Waals surface area (Å²) in [7, 11) is 1.57. The van der Waals surface area contributed by atoms with Crippen molar-refractivity contribution >= 4 is 18.7 Å². The third-order valence-electron chi connectivity index (χ3n) is 1.78. The average molecular weight is 212 g/mol. The van der Waals surface area contributed by atoms with Gasteiger partial charge < -0.3 is 4.74 Å². The number of rotatable bonds is 4. The van der Waals surface area contributed by atoms with Gasteiger partial charge in [0.1, 0.15) is 11.6 Å². The van der Waals surface area contributed by atoms with E-state index >= 15 is 0 Å². The van der Waals surface area contributed by atoms with Crippen molar-refractivity contribution in [1.82, 2.24) is 0 Å². The van der Waals surface area contributed by atoms with Gasteiger partial charge in [-0.1, -0.05) is 12.2 Å². The number of hydrogen-bond donors (Lipinski definition) is 1. The molecular formula is C11H13FOS. The zero-order valence-electron chi connectivity index (χ0n) is 8.03. The Morgan fingerprint density at radius 1 is 1.50 bits per heavy atom.